The fraction of sp³-hybridized carbons (Fsp3) is 0.455. The van der Waals surface area contributed by atoms with Gasteiger partial charge in [-0.15, -0.1) is 11.8 Å². The smallest absolute Gasteiger partial charge is 0.284 e. The number of rotatable bonds is 4. The van der Waals surface area contributed by atoms with Crippen molar-refractivity contribution < 1.29 is 9.15 Å². The van der Waals surface area contributed by atoms with Gasteiger partial charge >= 0.3 is 0 Å². The average Bonchev–Trinajstić information content (AvgIpc) is 2.57. The molecule has 0 bridgehead atoms. The molecule has 0 radical (unpaired) electrons. The Labute approximate surface area is 78.9 Å². The van der Waals surface area contributed by atoms with Crippen LogP contribution in [-0.4, -0.2) is 6.61 Å². The average molecular weight is 178 g/mol. The standard InChI is InChI=1S/C11H14O2/c1-3-5-10(2)7-9-13-11-6-4-8-12-11/h4,6,8,10H,7,9H2,1-2H3. The van der Waals surface area contributed by atoms with Crippen molar-refractivity contribution in [1.82, 2.24) is 0 Å². The molecule has 1 heterocycles. The highest BCUT2D eigenvalue weighted by Gasteiger charge is 1.99. The van der Waals surface area contributed by atoms with Gasteiger partial charge in [-0.25, -0.2) is 0 Å². The molecule has 1 aromatic rings. The molecule has 2 nitrogen and oxygen atoms in total. The maximum Gasteiger partial charge on any atom is 0.284 e. The number of hydrogen-bond donors (Lipinski definition) is 0. The lowest BCUT2D eigenvalue weighted by molar-refractivity contribution is 0.232. The second-order valence-corrected chi connectivity index (χ2v) is 2.86. The summed E-state index contributed by atoms with van der Waals surface area (Å²) in [6, 6.07) is 3.61. The van der Waals surface area contributed by atoms with Crippen molar-refractivity contribution in [3.8, 4) is 17.8 Å². The Morgan fingerprint density at radius 2 is 2.46 bits per heavy atom. The van der Waals surface area contributed by atoms with Crippen molar-refractivity contribution >= 4 is 0 Å². The van der Waals surface area contributed by atoms with Crippen molar-refractivity contribution in [1.29, 1.82) is 0 Å². The van der Waals surface area contributed by atoms with Crippen molar-refractivity contribution in [3.05, 3.63) is 18.4 Å². The minimum absolute atomic E-state index is 0.389. The van der Waals surface area contributed by atoms with Crippen LogP contribution in [0.4, 0.5) is 0 Å². The summed E-state index contributed by atoms with van der Waals surface area (Å²) in [5, 5.41) is 0. The van der Waals surface area contributed by atoms with Gasteiger partial charge in [0.1, 0.15) is 0 Å². The molecular weight excluding hydrogens is 164 g/mol. The molecule has 0 amide bonds. The van der Waals surface area contributed by atoms with E-state index in [1.54, 1.807) is 12.3 Å². The lowest BCUT2D eigenvalue weighted by Gasteiger charge is -2.03. The van der Waals surface area contributed by atoms with Gasteiger partial charge in [-0.1, -0.05) is 6.92 Å². The Hall–Kier alpha value is -1.36. The summed E-state index contributed by atoms with van der Waals surface area (Å²) < 4.78 is 10.3. The zero-order valence-corrected chi connectivity index (χ0v) is 8.04. The van der Waals surface area contributed by atoms with E-state index < -0.39 is 0 Å². The normalized spacial score (nSPS) is 11.5. The van der Waals surface area contributed by atoms with E-state index in [4.69, 9.17) is 9.15 Å². The van der Waals surface area contributed by atoms with E-state index in [2.05, 4.69) is 18.8 Å². The molecule has 0 aromatic carbocycles. The molecule has 2 heteroatoms. The topological polar surface area (TPSA) is 22.4 Å². The molecule has 0 fully saturated rings. The second-order valence-electron chi connectivity index (χ2n) is 2.86. The lowest BCUT2D eigenvalue weighted by atomic mass is 10.1. The van der Waals surface area contributed by atoms with E-state index in [-0.39, 0.29) is 0 Å². The largest absolute Gasteiger partial charge is 0.465 e. The molecule has 1 atom stereocenters. The predicted octanol–water partition coefficient (Wildman–Crippen LogP) is 2.71. The highest BCUT2D eigenvalue weighted by molar-refractivity contribution is 5.04. The summed E-state index contributed by atoms with van der Waals surface area (Å²) in [6.07, 6.45) is 2.53. The van der Waals surface area contributed by atoms with Crippen LogP contribution in [0.1, 0.15) is 20.3 Å². The number of hydrogen-bond acceptors (Lipinski definition) is 2. The van der Waals surface area contributed by atoms with Gasteiger partial charge in [-0.3, -0.25) is 0 Å². The van der Waals surface area contributed by atoms with Crippen molar-refractivity contribution in [2.75, 3.05) is 6.61 Å². The van der Waals surface area contributed by atoms with Gasteiger partial charge in [0.25, 0.3) is 5.95 Å². The van der Waals surface area contributed by atoms with E-state index >= 15 is 0 Å². The van der Waals surface area contributed by atoms with Gasteiger partial charge in [-0.05, 0) is 19.4 Å². The monoisotopic (exact) mass is 178 g/mol. The molecule has 0 N–H and O–H groups in total. The molecule has 0 aliphatic carbocycles. The first kappa shape index (κ1) is 9.73. The van der Waals surface area contributed by atoms with Crippen LogP contribution in [0.3, 0.4) is 0 Å². The number of ether oxygens (including phenoxy) is 1. The van der Waals surface area contributed by atoms with Crippen LogP contribution in [0.25, 0.3) is 0 Å². The van der Waals surface area contributed by atoms with Crippen LogP contribution < -0.4 is 4.74 Å². The first-order valence-corrected chi connectivity index (χ1v) is 4.41. The van der Waals surface area contributed by atoms with E-state index in [0.29, 0.717) is 18.5 Å². The van der Waals surface area contributed by atoms with E-state index in [1.807, 2.05) is 13.0 Å². The predicted molar refractivity (Wildman–Crippen MR) is 51.4 cm³/mol. The minimum atomic E-state index is 0.389. The molecule has 0 aliphatic rings. The second kappa shape index (κ2) is 5.31. The highest BCUT2D eigenvalue weighted by Crippen LogP contribution is 2.11. The number of furan rings is 1. The first-order valence-electron chi connectivity index (χ1n) is 4.41. The third-order valence-corrected chi connectivity index (χ3v) is 1.68. The van der Waals surface area contributed by atoms with Gasteiger partial charge in [0.2, 0.25) is 0 Å². The Balaban J connectivity index is 2.16. The van der Waals surface area contributed by atoms with Gasteiger partial charge in [0, 0.05) is 12.0 Å². The third-order valence-electron chi connectivity index (χ3n) is 1.68. The van der Waals surface area contributed by atoms with Crippen molar-refractivity contribution in [3.63, 3.8) is 0 Å². The highest BCUT2D eigenvalue weighted by atomic mass is 16.6. The molecule has 0 saturated carbocycles. The molecular formula is C11H14O2. The van der Waals surface area contributed by atoms with Crippen molar-refractivity contribution in [2.45, 2.75) is 20.3 Å². The van der Waals surface area contributed by atoms with Crippen LogP contribution in [0, 0.1) is 17.8 Å². The zero-order valence-electron chi connectivity index (χ0n) is 8.04. The summed E-state index contributed by atoms with van der Waals surface area (Å²) in [5.41, 5.74) is 0. The van der Waals surface area contributed by atoms with Crippen LogP contribution in [0.5, 0.6) is 5.95 Å². The van der Waals surface area contributed by atoms with E-state index in [0.717, 1.165) is 6.42 Å². The van der Waals surface area contributed by atoms with Crippen LogP contribution in [0.2, 0.25) is 0 Å². The molecule has 70 valence electrons. The summed E-state index contributed by atoms with van der Waals surface area (Å²) in [7, 11) is 0. The van der Waals surface area contributed by atoms with Crippen LogP contribution >= 0.6 is 0 Å². The van der Waals surface area contributed by atoms with E-state index in [1.165, 1.54) is 0 Å². The fourth-order valence-electron chi connectivity index (χ4n) is 1.00. The lowest BCUT2D eigenvalue weighted by Crippen LogP contribution is -2.01. The summed E-state index contributed by atoms with van der Waals surface area (Å²) in [6.45, 7) is 4.59. The summed E-state index contributed by atoms with van der Waals surface area (Å²) in [4.78, 5) is 0. The van der Waals surface area contributed by atoms with Crippen LogP contribution in [-0.2, 0) is 0 Å². The molecule has 0 spiro atoms. The minimum Gasteiger partial charge on any atom is -0.465 e. The van der Waals surface area contributed by atoms with Crippen LogP contribution in [0.15, 0.2) is 22.8 Å². The Morgan fingerprint density at radius 3 is 3.08 bits per heavy atom. The van der Waals surface area contributed by atoms with Gasteiger partial charge in [-0.2, -0.15) is 0 Å². The van der Waals surface area contributed by atoms with Gasteiger partial charge in [0.05, 0.1) is 12.9 Å². The molecule has 0 aliphatic heterocycles. The summed E-state index contributed by atoms with van der Waals surface area (Å²) in [5.74, 6) is 6.92. The molecule has 13 heavy (non-hydrogen) atoms. The maximum atomic E-state index is 5.33. The van der Waals surface area contributed by atoms with Crippen molar-refractivity contribution in [2.24, 2.45) is 5.92 Å². The SMILES string of the molecule is CC#CC(C)CCOc1ccco1. The van der Waals surface area contributed by atoms with Gasteiger partial charge in [0.15, 0.2) is 0 Å². The third kappa shape index (κ3) is 3.71. The zero-order chi connectivity index (χ0) is 9.52. The quantitative estimate of drug-likeness (QED) is 0.661. The Bertz CT molecular complexity index is 277. The first-order chi connectivity index (χ1) is 6.33. The maximum absolute atomic E-state index is 5.33. The Morgan fingerprint density at radius 1 is 1.62 bits per heavy atom. The summed E-state index contributed by atoms with van der Waals surface area (Å²) >= 11 is 0. The van der Waals surface area contributed by atoms with E-state index in [9.17, 15) is 0 Å². The van der Waals surface area contributed by atoms with Gasteiger partial charge < -0.3 is 9.15 Å². The molecule has 0 saturated heterocycles. The Kier molecular flexibility index (Phi) is 3.98. The molecule has 1 rings (SSSR count). The molecule has 1 aromatic heterocycles. The fourth-order valence-corrected chi connectivity index (χ4v) is 1.00. The molecule has 1 unspecified atom stereocenters.